The highest BCUT2D eigenvalue weighted by molar-refractivity contribution is 7.89. The molecular weight excluding hydrogens is 276 g/mol. The van der Waals surface area contributed by atoms with Crippen LogP contribution in [0.2, 0.25) is 0 Å². The minimum absolute atomic E-state index is 0.145. The summed E-state index contributed by atoms with van der Waals surface area (Å²) in [5.74, 6) is 0.145. The summed E-state index contributed by atoms with van der Waals surface area (Å²) in [6.45, 7) is 8.51. The van der Waals surface area contributed by atoms with Gasteiger partial charge in [0, 0.05) is 18.3 Å². The quantitative estimate of drug-likeness (QED) is 0.754. The molecule has 0 fully saturated rings. The topological polar surface area (TPSA) is 81.4 Å². The van der Waals surface area contributed by atoms with E-state index in [1.54, 1.807) is 19.1 Å². The van der Waals surface area contributed by atoms with Crippen LogP contribution in [0.3, 0.4) is 0 Å². The van der Waals surface area contributed by atoms with Gasteiger partial charge in [0.25, 0.3) is 0 Å². The molecule has 0 aliphatic heterocycles. The van der Waals surface area contributed by atoms with Crippen LogP contribution < -0.4 is 10.5 Å². The van der Waals surface area contributed by atoms with Crippen molar-refractivity contribution in [2.45, 2.75) is 38.6 Å². The minimum atomic E-state index is -3.56. The lowest BCUT2D eigenvalue weighted by molar-refractivity contribution is 0.116. The summed E-state index contributed by atoms with van der Waals surface area (Å²) in [7, 11) is -3.56. The van der Waals surface area contributed by atoms with Crippen molar-refractivity contribution in [3.05, 3.63) is 23.8 Å². The molecule has 0 saturated carbocycles. The van der Waals surface area contributed by atoms with Crippen molar-refractivity contribution < 1.29 is 13.2 Å². The van der Waals surface area contributed by atoms with Crippen LogP contribution in [-0.4, -0.2) is 27.7 Å². The van der Waals surface area contributed by atoms with Crippen molar-refractivity contribution in [1.82, 2.24) is 4.72 Å². The molecule has 1 unspecified atom stereocenters. The van der Waals surface area contributed by atoms with E-state index in [1.165, 1.54) is 6.07 Å². The third-order valence-corrected chi connectivity index (χ3v) is 4.65. The first-order valence-electron chi connectivity index (χ1n) is 6.74. The van der Waals surface area contributed by atoms with Gasteiger partial charge in [0.2, 0.25) is 10.0 Å². The molecule has 0 radical (unpaired) electrons. The Hall–Kier alpha value is -1.11. The van der Waals surface area contributed by atoms with Gasteiger partial charge >= 0.3 is 0 Å². The standard InChI is InChI=1S/C14H24N2O3S/c1-5-19-9-14(10(2)3)16-20(17,18)12-6-7-13(15)11(4)8-12/h6-8,10,14,16H,5,9,15H2,1-4H3. The van der Waals surface area contributed by atoms with E-state index in [1.807, 2.05) is 20.8 Å². The average Bonchev–Trinajstić information content (AvgIpc) is 2.37. The fourth-order valence-corrected chi connectivity index (χ4v) is 3.14. The zero-order valence-corrected chi connectivity index (χ0v) is 13.3. The van der Waals surface area contributed by atoms with Crippen molar-refractivity contribution in [1.29, 1.82) is 0 Å². The maximum absolute atomic E-state index is 12.4. The molecule has 0 aliphatic carbocycles. The zero-order chi connectivity index (χ0) is 15.3. The van der Waals surface area contributed by atoms with Gasteiger partial charge in [-0.2, -0.15) is 0 Å². The predicted octanol–water partition coefficient (Wildman–Crippen LogP) is 1.92. The fourth-order valence-electron chi connectivity index (χ4n) is 1.69. The highest BCUT2D eigenvalue weighted by atomic mass is 32.2. The van der Waals surface area contributed by atoms with Gasteiger partial charge in [0.1, 0.15) is 0 Å². The number of rotatable bonds is 7. The third kappa shape index (κ3) is 4.47. The summed E-state index contributed by atoms with van der Waals surface area (Å²) in [5, 5.41) is 0. The van der Waals surface area contributed by atoms with Crippen LogP contribution in [0.1, 0.15) is 26.3 Å². The van der Waals surface area contributed by atoms with E-state index in [0.29, 0.717) is 18.9 Å². The van der Waals surface area contributed by atoms with Crippen LogP contribution >= 0.6 is 0 Å². The fraction of sp³-hybridized carbons (Fsp3) is 0.571. The maximum atomic E-state index is 12.4. The molecule has 0 saturated heterocycles. The Morgan fingerprint density at radius 3 is 2.50 bits per heavy atom. The third-order valence-electron chi connectivity index (χ3n) is 3.16. The zero-order valence-electron chi connectivity index (χ0n) is 12.5. The highest BCUT2D eigenvalue weighted by Crippen LogP contribution is 2.18. The molecule has 0 aromatic heterocycles. The Labute approximate surface area is 121 Å². The van der Waals surface area contributed by atoms with E-state index in [2.05, 4.69) is 4.72 Å². The van der Waals surface area contributed by atoms with Gasteiger partial charge in [0.15, 0.2) is 0 Å². The Balaban J connectivity index is 2.94. The maximum Gasteiger partial charge on any atom is 0.240 e. The summed E-state index contributed by atoms with van der Waals surface area (Å²) in [6.07, 6.45) is 0. The van der Waals surface area contributed by atoms with Crippen molar-refractivity contribution in [2.24, 2.45) is 5.92 Å². The molecule has 0 aliphatic rings. The van der Waals surface area contributed by atoms with Crippen LogP contribution in [-0.2, 0) is 14.8 Å². The molecule has 1 rings (SSSR count). The molecule has 1 atom stereocenters. The summed E-state index contributed by atoms with van der Waals surface area (Å²) in [4.78, 5) is 0.228. The Bertz CT molecular complexity index is 541. The lowest BCUT2D eigenvalue weighted by Gasteiger charge is -2.22. The van der Waals surface area contributed by atoms with E-state index in [-0.39, 0.29) is 16.9 Å². The van der Waals surface area contributed by atoms with E-state index in [0.717, 1.165) is 5.56 Å². The number of nitrogen functional groups attached to an aromatic ring is 1. The lowest BCUT2D eigenvalue weighted by atomic mass is 10.1. The first kappa shape index (κ1) is 16.9. The SMILES string of the molecule is CCOCC(NS(=O)(=O)c1ccc(N)c(C)c1)C(C)C. The Morgan fingerprint density at radius 1 is 1.35 bits per heavy atom. The average molecular weight is 300 g/mol. The molecule has 3 N–H and O–H groups in total. The van der Waals surface area contributed by atoms with Crippen LogP contribution in [0.15, 0.2) is 23.1 Å². The number of benzene rings is 1. The smallest absolute Gasteiger partial charge is 0.240 e. The van der Waals surface area contributed by atoms with Crippen LogP contribution in [0, 0.1) is 12.8 Å². The van der Waals surface area contributed by atoms with Crippen LogP contribution in [0.25, 0.3) is 0 Å². The number of sulfonamides is 1. The molecule has 0 amide bonds. The molecular formula is C14H24N2O3S. The van der Waals surface area contributed by atoms with E-state index >= 15 is 0 Å². The van der Waals surface area contributed by atoms with Gasteiger partial charge in [-0.05, 0) is 43.5 Å². The van der Waals surface area contributed by atoms with Crippen molar-refractivity contribution >= 4 is 15.7 Å². The number of nitrogens with one attached hydrogen (secondary N) is 1. The van der Waals surface area contributed by atoms with E-state index in [9.17, 15) is 8.42 Å². The van der Waals surface area contributed by atoms with Crippen LogP contribution in [0.4, 0.5) is 5.69 Å². The molecule has 0 bridgehead atoms. The van der Waals surface area contributed by atoms with Gasteiger partial charge in [-0.1, -0.05) is 13.8 Å². The second kappa shape index (κ2) is 7.06. The number of ether oxygens (including phenoxy) is 1. The molecule has 20 heavy (non-hydrogen) atoms. The molecule has 5 nitrogen and oxygen atoms in total. The normalized spacial score (nSPS) is 13.7. The van der Waals surface area contributed by atoms with Crippen molar-refractivity contribution in [2.75, 3.05) is 18.9 Å². The summed E-state index contributed by atoms with van der Waals surface area (Å²) in [5.41, 5.74) is 7.04. The number of nitrogens with two attached hydrogens (primary N) is 1. The monoisotopic (exact) mass is 300 g/mol. The molecule has 1 aromatic carbocycles. The summed E-state index contributed by atoms with van der Waals surface area (Å²) >= 11 is 0. The van der Waals surface area contributed by atoms with Crippen molar-refractivity contribution in [3.8, 4) is 0 Å². The summed E-state index contributed by atoms with van der Waals surface area (Å²) < 4.78 is 32.8. The molecule has 0 heterocycles. The summed E-state index contributed by atoms with van der Waals surface area (Å²) in [6, 6.07) is 4.45. The Kier molecular flexibility index (Phi) is 5.98. The number of aryl methyl sites for hydroxylation is 1. The molecule has 114 valence electrons. The van der Waals surface area contributed by atoms with E-state index in [4.69, 9.17) is 10.5 Å². The molecule has 6 heteroatoms. The number of anilines is 1. The first-order valence-corrected chi connectivity index (χ1v) is 8.22. The van der Waals surface area contributed by atoms with Gasteiger partial charge < -0.3 is 10.5 Å². The van der Waals surface area contributed by atoms with Gasteiger partial charge in [0.05, 0.1) is 11.5 Å². The van der Waals surface area contributed by atoms with Gasteiger partial charge in [-0.3, -0.25) is 0 Å². The first-order chi connectivity index (χ1) is 9.27. The highest BCUT2D eigenvalue weighted by Gasteiger charge is 2.22. The molecule has 0 spiro atoms. The number of hydrogen-bond donors (Lipinski definition) is 2. The lowest BCUT2D eigenvalue weighted by Crippen LogP contribution is -2.41. The largest absolute Gasteiger partial charge is 0.399 e. The second-order valence-electron chi connectivity index (χ2n) is 5.15. The van der Waals surface area contributed by atoms with Gasteiger partial charge in [-0.15, -0.1) is 0 Å². The van der Waals surface area contributed by atoms with Crippen LogP contribution in [0.5, 0.6) is 0 Å². The number of hydrogen-bond acceptors (Lipinski definition) is 4. The van der Waals surface area contributed by atoms with E-state index < -0.39 is 10.0 Å². The predicted molar refractivity (Wildman–Crippen MR) is 81.0 cm³/mol. The molecule has 1 aromatic rings. The van der Waals surface area contributed by atoms with Crippen molar-refractivity contribution in [3.63, 3.8) is 0 Å². The second-order valence-corrected chi connectivity index (χ2v) is 6.86. The minimum Gasteiger partial charge on any atom is -0.399 e. The van der Waals surface area contributed by atoms with Gasteiger partial charge in [-0.25, -0.2) is 13.1 Å². The Morgan fingerprint density at radius 2 is 2.00 bits per heavy atom.